The molecule has 4 aliphatic rings. The van der Waals surface area contributed by atoms with Crippen LogP contribution in [0, 0.1) is 13.8 Å². The van der Waals surface area contributed by atoms with Gasteiger partial charge >= 0.3 is 32.7 Å². The second kappa shape index (κ2) is 43.0. The van der Waals surface area contributed by atoms with Gasteiger partial charge in [-0.25, -0.2) is 23.5 Å². The Morgan fingerprint density at radius 1 is 0.589 bits per heavy atom. The van der Waals surface area contributed by atoms with Crippen molar-refractivity contribution in [3.8, 4) is 0 Å². The van der Waals surface area contributed by atoms with Crippen LogP contribution in [0.3, 0.4) is 0 Å². The first-order valence-corrected chi connectivity index (χ1v) is 47.1. The Balaban J connectivity index is 0.00000113. The molecule has 36 heteroatoms. The van der Waals surface area contributed by atoms with Crippen molar-refractivity contribution in [3.05, 3.63) is 171 Å². The Morgan fingerprint density at radius 3 is 1.55 bits per heavy atom. The first-order valence-electron chi connectivity index (χ1n) is 39.3. The molecule has 4 aliphatic heterocycles. The molecule has 0 radical (unpaired) electrons. The van der Waals surface area contributed by atoms with Gasteiger partial charge in [0, 0.05) is 108 Å². The summed E-state index contributed by atoms with van der Waals surface area (Å²) in [5.41, 5.74) is -4.32. The molecule has 3 aromatic heterocycles. The van der Waals surface area contributed by atoms with Gasteiger partial charge in [-0.15, -0.1) is 0 Å². The van der Waals surface area contributed by atoms with E-state index in [1.165, 1.54) is 63.2 Å². The third-order valence-electron chi connectivity index (χ3n) is 21.3. The molecule has 0 aliphatic carbocycles. The van der Waals surface area contributed by atoms with E-state index in [0.29, 0.717) is 13.0 Å². The van der Waals surface area contributed by atoms with Crippen molar-refractivity contribution in [1.29, 1.82) is 0 Å². The summed E-state index contributed by atoms with van der Waals surface area (Å²) in [5.74, 6) is 0. The van der Waals surface area contributed by atoms with E-state index in [-0.39, 0.29) is 24.0 Å². The van der Waals surface area contributed by atoms with Gasteiger partial charge in [-0.2, -0.15) is 0 Å². The molecule has 9 rings (SSSR count). The highest BCUT2D eigenvalue weighted by molar-refractivity contribution is 7.47. The molecule has 0 amide bonds. The molecule has 32 nitrogen and oxygen atoms in total. The van der Waals surface area contributed by atoms with Crippen LogP contribution in [-0.2, 0) is 50.3 Å². The fourth-order valence-corrected chi connectivity index (χ4v) is 22.0. The molecule has 0 saturated carbocycles. The number of H-pyrrole nitrogens is 3. The molecule has 5 aromatic rings. The van der Waals surface area contributed by atoms with E-state index in [4.69, 9.17) is 41.2 Å². The summed E-state index contributed by atoms with van der Waals surface area (Å²) in [4.78, 5) is 116. The standard InChI is InChI=1S/C64H96N10O20P2Si2.2C6H15N/c1-42-38-73(61(80)69-57(42)77)52-36-47(50(87-52)41-86-95(82,83)92-55-49(40-75)88-59(72-33-25-51(76)68-60(72)79)56(55)94-97(9,10)63(3,4)5)91-96(84,85)90-46(24-18-13-19-32-71-34-30-66-28-26-65-27-29-67-31-35-71)54-48(37-53(89-54)74-39-43(2)58(78)70-62(74)81)93-98(64(6,7)8,44-20-14-11-15-21-44)45-22-16-12-17-23-45;2*1-4-7(5-2)6-3/h11-18,20-23,25,33,38-39,46-50,52-56,59,65-67,75H,19,24,26-32,34-37,40-41H2,1-10H3,(H,82,83)(H,84,85)(H,68,76,79)(H,69,77,80)(H,70,78,81);2*4-6H2,1-3H3/b18-13+;;/t46-,47-,48-,49+,50+,52+,53+,54+,55+,56+,59+;;/m0../s1. The molecular formula is C76H126N12O20P2Si2. The Kier molecular flexibility index (Phi) is 35.9. The number of hydrogen-bond acceptors (Lipinski definition) is 24. The maximum atomic E-state index is 15.4. The van der Waals surface area contributed by atoms with E-state index in [2.05, 4.69) is 108 Å². The van der Waals surface area contributed by atoms with Crippen molar-refractivity contribution < 1.29 is 65.2 Å². The maximum Gasteiger partial charge on any atom is 0.472 e. The van der Waals surface area contributed by atoms with Crippen LogP contribution in [0.1, 0.15) is 139 Å². The van der Waals surface area contributed by atoms with E-state index < -0.39 is 163 Å². The Bertz CT molecular complexity index is 4150. The van der Waals surface area contributed by atoms with Gasteiger partial charge in [0.25, 0.3) is 25.0 Å². The molecule has 628 valence electrons. The van der Waals surface area contributed by atoms with Crippen LogP contribution in [-0.4, -0.2) is 235 Å². The van der Waals surface area contributed by atoms with Crippen LogP contribution >= 0.6 is 15.6 Å². The number of hydrogen-bond donors (Lipinski definition) is 9. The van der Waals surface area contributed by atoms with Gasteiger partial charge < -0.3 is 68.6 Å². The second-order valence-corrected chi connectivity index (χ2v) is 42.7. The normalized spacial score (nSPS) is 24.0. The van der Waals surface area contributed by atoms with Crippen molar-refractivity contribution in [1.82, 2.24) is 59.3 Å². The predicted octanol–water partition coefficient (Wildman–Crippen LogP) is 5.54. The van der Waals surface area contributed by atoms with Crippen LogP contribution in [0.2, 0.25) is 23.2 Å². The zero-order valence-corrected chi connectivity index (χ0v) is 72.1. The van der Waals surface area contributed by atoms with Gasteiger partial charge in [-0.05, 0) is 99.5 Å². The number of phosphoric ester groups is 2. The fourth-order valence-electron chi connectivity index (χ4n) is 13.8. The van der Waals surface area contributed by atoms with Crippen LogP contribution < -0.4 is 60.1 Å². The SMILES string of the molecule is CCN(CC)CC.CCN(CC)CC.Cc1cn([C@H]2C[C@H](O[Si](c3ccccc3)(c3ccccc3)C(C)(C)C)[C@@H]([C@H](C/C=C/CCN3CCNCCNCCNCC3)OP(=O)(O)O[C@H]3C[C@H](n4cc(C)c(=O)[nH]c4=O)O[C@@H]3COP(=O)(O)O[C@H]3[C@@H](O[Si](C)(C)C(C)(C)C)[C@H](n4ccc(=O)[nH]c4=O)O[C@@H]3CO)O2)c(=O)[nH]c1=O. The van der Waals surface area contributed by atoms with Gasteiger partial charge in [0.1, 0.15) is 55.2 Å². The summed E-state index contributed by atoms with van der Waals surface area (Å²) in [6, 6.07) is 20.6. The number of aliphatic hydroxyl groups is 1. The molecule has 2 unspecified atom stereocenters. The number of aryl methyl sites for hydroxylation is 2. The summed E-state index contributed by atoms with van der Waals surface area (Å²) >= 11 is 0. The number of nitrogens with one attached hydrogen (secondary N) is 6. The van der Waals surface area contributed by atoms with Crippen LogP contribution in [0.15, 0.2) is 126 Å². The predicted molar refractivity (Wildman–Crippen MR) is 437 cm³/mol. The van der Waals surface area contributed by atoms with E-state index >= 15 is 4.57 Å². The molecule has 0 spiro atoms. The first-order chi connectivity index (χ1) is 53.0. The fraction of sp³-hybridized carbons (Fsp3) is 0.658. The summed E-state index contributed by atoms with van der Waals surface area (Å²) in [6.07, 6.45) is -7.82. The molecule has 4 fully saturated rings. The van der Waals surface area contributed by atoms with E-state index in [1.807, 2.05) is 107 Å². The van der Waals surface area contributed by atoms with Crippen molar-refractivity contribution in [2.24, 2.45) is 0 Å². The van der Waals surface area contributed by atoms with Crippen molar-refractivity contribution >= 4 is 42.7 Å². The number of benzene rings is 2. The quantitative estimate of drug-likeness (QED) is 0.0149. The monoisotopic (exact) mass is 1640 g/mol. The zero-order valence-electron chi connectivity index (χ0n) is 68.3. The van der Waals surface area contributed by atoms with Crippen LogP contribution in [0.25, 0.3) is 0 Å². The minimum Gasteiger partial charge on any atom is -0.407 e. The lowest BCUT2D eigenvalue weighted by Crippen LogP contribution is -2.68. The summed E-state index contributed by atoms with van der Waals surface area (Å²) in [5, 5.41) is 21.8. The largest absolute Gasteiger partial charge is 0.472 e. The van der Waals surface area contributed by atoms with E-state index in [1.54, 1.807) is 6.92 Å². The number of aromatic nitrogens is 6. The van der Waals surface area contributed by atoms with Gasteiger partial charge in [0.15, 0.2) is 14.5 Å². The minimum atomic E-state index is -5.52. The molecule has 13 atom stereocenters. The number of ether oxygens (including phenoxy) is 3. The highest BCUT2D eigenvalue weighted by Crippen LogP contribution is 2.55. The summed E-state index contributed by atoms with van der Waals surface area (Å²) in [6.45, 7) is 44.3. The maximum absolute atomic E-state index is 15.4. The molecule has 9 N–H and O–H groups in total. The van der Waals surface area contributed by atoms with Crippen molar-refractivity contribution in [3.63, 3.8) is 0 Å². The van der Waals surface area contributed by atoms with E-state index in [0.717, 1.165) is 84.1 Å². The second-order valence-electron chi connectivity index (χ2n) is 31.0. The zero-order chi connectivity index (χ0) is 82.4. The number of aliphatic hydroxyl groups excluding tert-OH is 1. The number of rotatable bonds is 31. The number of nitrogens with zero attached hydrogens (tertiary/aromatic N) is 6. The lowest BCUT2D eigenvalue weighted by molar-refractivity contribution is -0.0843. The molecule has 4 saturated heterocycles. The topological polar surface area (TPSA) is 388 Å². The van der Waals surface area contributed by atoms with Crippen LogP contribution in [0.4, 0.5) is 0 Å². The number of aromatic amines is 3. The molecule has 0 bridgehead atoms. The van der Waals surface area contributed by atoms with Crippen molar-refractivity contribution in [2.45, 2.75) is 213 Å². The molecular weight excluding hydrogens is 1520 g/mol. The Labute approximate surface area is 659 Å². The third-order valence-corrected chi connectivity index (χ3v) is 32.9. The summed E-state index contributed by atoms with van der Waals surface area (Å²) in [7, 11) is -17.4. The minimum absolute atomic E-state index is 0.0243. The Morgan fingerprint density at radius 2 is 1.08 bits per heavy atom. The lowest BCUT2D eigenvalue weighted by atomic mass is 10.0. The van der Waals surface area contributed by atoms with Gasteiger partial charge in [-0.3, -0.25) is 61.1 Å². The Hall–Kier alpha value is -5.61. The number of phosphoric acid groups is 2. The average Bonchev–Trinajstić information content (AvgIpc) is 1.14. The molecule has 2 aromatic carbocycles. The average molecular weight is 1650 g/mol. The van der Waals surface area contributed by atoms with Crippen molar-refractivity contribution in [2.75, 3.05) is 111 Å². The van der Waals surface area contributed by atoms with Gasteiger partial charge in [-0.1, -0.05) is 156 Å². The van der Waals surface area contributed by atoms with Gasteiger partial charge in [0.05, 0.1) is 19.3 Å². The summed E-state index contributed by atoms with van der Waals surface area (Å²) < 4.78 is 91.2. The molecule has 112 heavy (non-hydrogen) atoms. The smallest absolute Gasteiger partial charge is 0.407 e. The van der Waals surface area contributed by atoms with Crippen LogP contribution in [0.5, 0.6) is 0 Å². The highest BCUT2D eigenvalue weighted by atomic mass is 31.2. The molecule has 7 heterocycles. The van der Waals surface area contributed by atoms with E-state index in [9.17, 15) is 48.2 Å². The van der Waals surface area contributed by atoms with Gasteiger partial charge in [0.2, 0.25) is 0 Å². The highest BCUT2D eigenvalue weighted by Gasteiger charge is 2.57. The lowest BCUT2D eigenvalue weighted by Gasteiger charge is -2.45. The first kappa shape index (κ1) is 93.6. The third kappa shape index (κ3) is 25.7.